The minimum absolute atomic E-state index is 0.195. The van der Waals surface area contributed by atoms with Crippen molar-refractivity contribution < 1.29 is 35.8 Å². The van der Waals surface area contributed by atoms with Crippen LogP contribution < -0.4 is 28.0 Å². The van der Waals surface area contributed by atoms with Crippen molar-refractivity contribution >= 4 is 38.6 Å². The van der Waals surface area contributed by atoms with E-state index in [-0.39, 0.29) is 22.9 Å². The molecular formula is C29H51N5O10SSi2. The molecule has 1 saturated heterocycles. The molecule has 15 nitrogen and oxygen atoms in total. The summed E-state index contributed by atoms with van der Waals surface area (Å²) in [5.74, 6) is -1.80. The highest BCUT2D eigenvalue weighted by atomic mass is 32.2. The van der Waals surface area contributed by atoms with Crippen molar-refractivity contribution in [1.29, 1.82) is 0 Å². The molecular weight excluding hydrogens is 667 g/mol. The average molecular weight is 718 g/mol. The molecule has 266 valence electrons. The second kappa shape index (κ2) is 12.7. The Kier molecular flexibility index (Phi) is 10.5. The van der Waals surface area contributed by atoms with Crippen molar-refractivity contribution in [2.24, 2.45) is 18.5 Å². The van der Waals surface area contributed by atoms with Gasteiger partial charge in [0.25, 0.3) is 15.7 Å². The highest BCUT2D eigenvalue weighted by Gasteiger charge is 2.69. The first kappa shape index (κ1) is 38.8. The third-order valence-corrected chi connectivity index (χ3v) is 20.2. The van der Waals surface area contributed by atoms with Crippen molar-refractivity contribution in [2.75, 3.05) is 13.2 Å². The van der Waals surface area contributed by atoms with Gasteiger partial charge in [-0.3, -0.25) is 23.5 Å². The summed E-state index contributed by atoms with van der Waals surface area (Å²) >= 11 is 0. The highest BCUT2D eigenvalue weighted by Crippen LogP contribution is 2.54. The summed E-state index contributed by atoms with van der Waals surface area (Å²) in [6.45, 7) is 20.7. The van der Waals surface area contributed by atoms with E-state index in [1.807, 2.05) is 67.7 Å². The summed E-state index contributed by atoms with van der Waals surface area (Å²) < 4.78 is 56.1. The second-order valence-corrected chi connectivity index (χ2v) is 26.5. The molecule has 0 saturated carbocycles. The van der Waals surface area contributed by atoms with Crippen LogP contribution in [0.5, 0.6) is 0 Å². The van der Waals surface area contributed by atoms with E-state index in [0.29, 0.717) is 0 Å². The monoisotopic (exact) mass is 717 g/mol. The normalized spacial score (nSPS) is 25.1. The number of carbonyl (C=O) groups is 2. The molecule has 1 spiro atoms. The number of hydrogen-bond donors (Lipinski definition) is 3. The number of carbonyl (C=O) groups excluding carboxylic acids is 2. The number of primary amides is 2. The maximum atomic E-state index is 13.9. The third-order valence-electron chi connectivity index (χ3n) is 9.84. The lowest BCUT2D eigenvalue weighted by Crippen LogP contribution is -2.60. The predicted octanol–water partition coefficient (Wildman–Crippen LogP) is 1.43. The molecule has 18 heteroatoms. The Hall–Kier alpha value is -2.62. The highest BCUT2D eigenvalue weighted by molar-refractivity contribution is 7.91. The second-order valence-electron chi connectivity index (χ2n) is 15.3. The number of nitrogens with one attached hydrogen (secondary N) is 1. The Labute approximate surface area is 278 Å². The van der Waals surface area contributed by atoms with E-state index in [1.165, 1.54) is 24.7 Å². The fourth-order valence-electron chi connectivity index (χ4n) is 5.04. The molecule has 4 atom stereocenters. The van der Waals surface area contributed by atoms with Gasteiger partial charge in [0.1, 0.15) is 17.1 Å². The number of aromatic nitrogens is 2. The van der Waals surface area contributed by atoms with Crippen LogP contribution in [0, 0.1) is 6.92 Å². The first-order chi connectivity index (χ1) is 21.1. The molecule has 0 aliphatic carbocycles. The molecule has 2 aliphatic rings. The Morgan fingerprint density at radius 2 is 1.57 bits per heavy atom. The van der Waals surface area contributed by atoms with E-state index in [1.54, 1.807) is 0 Å². The van der Waals surface area contributed by atoms with Crippen LogP contribution >= 0.6 is 0 Å². The van der Waals surface area contributed by atoms with Crippen LogP contribution in [0.3, 0.4) is 0 Å². The van der Waals surface area contributed by atoms with Gasteiger partial charge >= 0.3 is 5.69 Å². The molecule has 1 fully saturated rings. The van der Waals surface area contributed by atoms with Crippen LogP contribution in [0.2, 0.25) is 36.3 Å². The number of nitrogens with two attached hydrogens (primary N) is 2. The third kappa shape index (κ3) is 7.23. The Balaban J connectivity index is 2.49. The van der Waals surface area contributed by atoms with Gasteiger partial charge in [0.15, 0.2) is 28.5 Å². The zero-order valence-electron chi connectivity index (χ0n) is 29.5. The van der Waals surface area contributed by atoms with Crippen molar-refractivity contribution in [1.82, 2.24) is 14.5 Å². The van der Waals surface area contributed by atoms with E-state index in [9.17, 15) is 27.6 Å². The van der Waals surface area contributed by atoms with E-state index < -0.39 is 96.8 Å². The Morgan fingerprint density at radius 1 is 1.02 bits per heavy atom. The van der Waals surface area contributed by atoms with Gasteiger partial charge in [0, 0.05) is 18.8 Å². The predicted molar refractivity (Wildman–Crippen MR) is 181 cm³/mol. The molecule has 3 heterocycles. The minimum Gasteiger partial charge on any atom is -0.414 e. The van der Waals surface area contributed by atoms with E-state index in [2.05, 4.69) is 5.32 Å². The fourth-order valence-corrected chi connectivity index (χ4v) is 8.88. The standard InChI is InChI=1S/C29H51N5O10SSi2/c1-17-15-34(26(38)33(8)24(17)37)25-23(43-47(11,12)28(5,6)7)29(19(42-25)16-41-46(9,10)27(2,3)4)22(32-14-21(31)36)18(13-20(30)35)45(39,40)44-29/h15,19,23,25,32H,13-14,16H2,1-12H3,(H2,30,35)(H2,31,36)/t19-,23+,25-,29?/m1/s1. The van der Waals surface area contributed by atoms with E-state index in [0.717, 1.165) is 4.57 Å². The number of nitrogens with zero attached hydrogens (tertiary/aromatic N) is 2. The zero-order chi connectivity index (χ0) is 36.3. The van der Waals surface area contributed by atoms with Gasteiger partial charge < -0.3 is 30.4 Å². The van der Waals surface area contributed by atoms with Crippen LogP contribution in [0.4, 0.5) is 0 Å². The number of hydrogen-bond acceptors (Lipinski definition) is 11. The zero-order valence-corrected chi connectivity index (χ0v) is 32.3. The van der Waals surface area contributed by atoms with E-state index >= 15 is 0 Å². The van der Waals surface area contributed by atoms with Gasteiger partial charge in [0.05, 0.1) is 25.3 Å². The smallest absolute Gasteiger partial charge is 0.332 e. The SMILES string of the molecule is Cc1cn([C@@H]2O[C@H](CO[Si](C)(C)C(C)(C)C)C3(OS(=O)(=O)C(CC(N)=O)=C3NCC(N)=O)[C@H]2O[Si](C)(C)C(C)(C)C)c(=O)n(C)c1=O. The van der Waals surface area contributed by atoms with Crippen molar-refractivity contribution in [3.8, 4) is 0 Å². The largest absolute Gasteiger partial charge is 0.414 e. The van der Waals surface area contributed by atoms with Gasteiger partial charge in [-0.25, -0.2) is 8.98 Å². The number of rotatable bonds is 11. The van der Waals surface area contributed by atoms with Crippen LogP contribution in [0.25, 0.3) is 0 Å². The average Bonchev–Trinajstić information content (AvgIpc) is 3.30. The fraction of sp³-hybridized carbons (Fsp3) is 0.724. The van der Waals surface area contributed by atoms with Crippen LogP contribution in [0.1, 0.15) is 59.8 Å². The van der Waals surface area contributed by atoms with Crippen LogP contribution in [0.15, 0.2) is 26.4 Å². The topological polar surface area (TPSA) is 213 Å². The maximum absolute atomic E-state index is 13.9. The lowest BCUT2D eigenvalue weighted by Gasteiger charge is -2.44. The molecule has 2 aliphatic heterocycles. The summed E-state index contributed by atoms with van der Waals surface area (Å²) in [5, 5.41) is 2.12. The summed E-state index contributed by atoms with van der Waals surface area (Å²) in [4.78, 5) is 50.2. The maximum Gasteiger partial charge on any atom is 0.332 e. The molecule has 5 N–H and O–H groups in total. The molecule has 2 amide bonds. The summed E-state index contributed by atoms with van der Waals surface area (Å²) in [7, 11) is -8.82. The number of ether oxygens (including phenoxy) is 1. The van der Waals surface area contributed by atoms with Gasteiger partial charge in [-0.2, -0.15) is 8.42 Å². The molecule has 1 aromatic heterocycles. The molecule has 0 aromatic carbocycles. The molecule has 3 rings (SSSR count). The summed E-state index contributed by atoms with van der Waals surface area (Å²) in [6.07, 6.45) is -3.46. The lowest BCUT2D eigenvalue weighted by molar-refractivity contribution is -0.117. The molecule has 1 aromatic rings. The molecule has 47 heavy (non-hydrogen) atoms. The van der Waals surface area contributed by atoms with Crippen LogP contribution in [-0.4, -0.2) is 77.0 Å². The quantitative estimate of drug-likeness (QED) is 0.220. The van der Waals surface area contributed by atoms with Gasteiger partial charge in [0.2, 0.25) is 11.8 Å². The van der Waals surface area contributed by atoms with Crippen molar-refractivity contribution in [3.05, 3.63) is 43.2 Å². The van der Waals surface area contributed by atoms with Crippen molar-refractivity contribution in [3.63, 3.8) is 0 Å². The van der Waals surface area contributed by atoms with Gasteiger partial charge in [-0.05, 0) is 43.2 Å². The van der Waals surface area contributed by atoms with Gasteiger partial charge in [-0.15, -0.1) is 0 Å². The van der Waals surface area contributed by atoms with E-state index in [4.69, 9.17) is 29.2 Å². The van der Waals surface area contributed by atoms with Crippen molar-refractivity contribution in [2.45, 2.75) is 115 Å². The first-order valence-corrected chi connectivity index (χ1v) is 22.6. The number of aryl methyl sites for hydroxylation is 1. The van der Waals surface area contributed by atoms with Gasteiger partial charge in [-0.1, -0.05) is 41.5 Å². The molecule has 0 bridgehead atoms. The first-order valence-electron chi connectivity index (χ1n) is 15.4. The Morgan fingerprint density at radius 3 is 2.06 bits per heavy atom. The summed E-state index contributed by atoms with van der Waals surface area (Å²) in [5.41, 5.74) is 7.65. The summed E-state index contributed by atoms with van der Waals surface area (Å²) in [6, 6.07) is 0. The Bertz CT molecular complexity index is 1690. The number of amides is 2. The minimum atomic E-state index is -4.72. The van der Waals surface area contributed by atoms with Crippen LogP contribution in [-0.2, 0) is 44.5 Å². The lowest BCUT2D eigenvalue weighted by atomic mass is 9.87. The molecule has 0 radical (unpaired) electrons. The molecule has 1 unspecified atom stereocenters.